The van der Waals surface area contributed by atoms with Crippen LogP contribution in [0.5, 0.6) is 0 Å². The maximum atomic E-state index is 12.0. The lowest BCUT2D eigenvalue weighted by atomic mass is 9.61. The fourth-order valence-electron chi connectivity index (χ4n) is 4.76. The van der Waals surface area contributed by atoms with Crippen molar-refractivity contribution in [1.82, 2.24) is 4.90 Å². The van der Waals surface area contributed by atoms with E-state index in [0.717, 1.165) is 38.5 Å². The number of benzene rings is 1. The first-order valence-electron chi connectivity index (χ1n) is 10.9. The monoisotopic (exact) mass is 403 g/mol. The molecule has 0 spiro atoms. The van der Waals surface area contributed by atoms with Gasteiger partial charge in [-0.25, -0.2) is 0 Å². The highest BCUT2D eigenvalue weighted by molar-refractivity contribution is 5.70. The second kappa shape index (κ2) is 10.8. The maximum absolute atomic E-state index is 12.0. The van der Waals surface area contributed by atoms with E-state index in [4.69, 9.17) is 9.47 Å². The summed E-state index contributed by atoms with van der Waals surface area (Å²) in [5.41, 5.74) is 1.32. The minimum absolute atomic E-state index is 0.00137. The number of hydrogen-bond acceptors (Lipinski definition) is 5. The lowest BCUT2D eigenvalue weighted by Crippen LogP contribution is -2.47. The third kappa shape index (κ3) is 6.05. The molecule has 1 fully saturated rings. The van der Waals surface area contributed by atoms with Crippen LogP contribution in [0.25, 0.3) is 0 Å². The molecule has 2 rings (SSSR count). The van der Waals surface area contributed by atoms with Crippen molar-refractivity contribution in [2.45, 2.75) is 70.8 Å². The molecule has 29 heavy (non-hydrogen) atoms. The minimum Gasteiger partial charge on any atom is -0.466 e. The highest BCUT2D eigenvalue weighted by Gasteiger charge is 2.45. The molecule has 0 saturated heterocycles. The van der Waals surface area contributed by atoms with Crippen LogP contribution in [0.4, 0.5) is 0 Å². The lowest BCUT2D eigenvalue weighted by Gasteiger charge is -2.50. The average molecular weight is 404 g/mol. The zero-order chi connectivity index (χ0) is 21.3. The summed E-state index contributed by atoms with van der Waals surface area (Å²) in [5.74, 6) is -0.286. The normalized spacial score (nSPS) is 17.7. The van der Waals surface area contributed by atoms with E-state index in [1.807, 2.05) is 13.8 Å². The van der Waals surface area contributed by atoms with Crippen molar-refractivity contribution in [3.63, 3.8) is 0 Å². The quantitative estimate of drug-likeness (QED) is 0.531. The summed E-state index contributed by atoms with van der Waals surface area (Å²) in [6.07, 6.45) is 6.35. The molecule has 0 aliphatic heterocycles. The van der Waals surface area contributed by atoms with Gasteiger partial charge in [-0.1, -0.05) is 30.3 Å². The molecule has 162 valence electrons. The third-order valence-electron chi connectivity index (χ3n) is 6.63. The molecule has 1 aromatic rings. The van der Waals surface area contributed by atoms with Gasteiger partial charge in [0.05, 0.1) is 13.2 Å². The fourth-order valence-corrected chi connectivity index (χ4v) is 4.76. The van der Waals surface area contributed by atoms with Crippen molar-refractivity contribution in [3.8, 4) is 0 Å². The Bertz CT molecular complexity index is 624. The lowest BCUT2D eigenvalue weighted by molar-refractivity contribution is -0.144. The molecule has 1 aromatic carbocycles. The van der Waals surface area contributed by atoms with Crippen LogP contribution in [-0.4, -0.2) is 44.1 Å². The van der Waals surface area contributed by atoms with Crippen LogP contribution in [-0.2, 0) is 24.6 Å². The summed E-state index contributed by atoms with van der Waals surface area (Å²) in [7, 11) is 4.30. The number of rotatable bonds is 10. The molecule has 1 saturated carbocycles. The van der Waals surface area contributed by atoms with Crippen LogP contribution in [0.15, 0.2) is 30.3 Å². The van der Waals surface area contributed by atoms with E-state index >= 15 is 0 Å². The summed E-state index contributed by atoms with van der Waals surface area (Å²) in [6, 6.07) is 10.7. The fraction of sp³-hybridized carbons (Fsp3) is 0.667. The van der Waals surface area contributed by atoms with Crippen molar-refractivity contribution >= 4 is 11.9 Å². The molecular weight excluding hydrogens is 366 g/mol. The van der Waals surface area contributed by atoms with E-state index in [9.17, 15) is 9.59 Å². The minimum atomic E-state index is -0.143. The Labute approximate surface area is 175 Å². The molecule has 0 atom stereocenters. The maximum Gasteiger partial charge on any atom is 0.305 e. The highest BCUT2D eigenvalue weighted by atomic mass is 16.5. The molecule has 0 aromatic heterocycles. The average Bonchev–Trinajstić information content (AvgIpc) is 2.72. The molecular formula is C24H37NO4. The van der Waals surface area contributed by atoms with Crippen molar-refractivity contribution in [1.29, 1.82) is 0 Å². The number of nitrogens with zero attached hydrogens (tertiary/aromatic N) is 1. The number of hydrogen-bond donors (Lipinski definition) is 0. The van der Waals surface area contributed by atoms with Crippen molar-refractivity contribution < 1.29 is 19.1 Å². The summed E-state index contributed by atoms with van der Waals surface area (Å²) in [6.45, 7) is 4.49. The molecule has 1 aliphatic carbocycles. The van der Waals surface area contributed by atoms with E-state index in [-0.39, 0.29) is 22.9 Å². The molecule has 0 unspecified atom stereocenters. The first kappa shape index (κ1) is 23.4. The Hall–Kier alpha value is -1.88. The topological polar surface area (TPSA) is 55.8 Å². The van der Waals surface area contributed by atoms with Crippen LogP contribution in [0.3, 0.4) is 0 Å². The Kier molecular flexibility index (Phi) is 8.69. The molecule has 0 heterocycles. The van der Waals surface area contributed by atoms with E-state index < -0.39 is 0 Å². The number of esters is 2. The van der Waals surface area contributed by atoms with Crippen LogP contribution < -0.4 is 0 Å². The van der Waals surface area contributed by atoms with Gasteiger partial charge in [0.1, 0.15) is 0 Å². The molecule has 0 bridgehead atoms. The third-order valence-corrected chi connectivity index (χ3v) is 6.63. The van der Waals surface area contributed by atoms with Crippen molar-refractivity contribution in [3.05, 3.63) is 35.9 Å². The first-order valence-corrected chi connectivity index (χ1v) is 10.9. The van der Waals surface area contributed by atoms with E-state index in [1.54, 1.807) is 0 Å². The van der Waals surface area contributed by atoms with Gasteiger partial charge in [0.15, 0.2) is 0 Å². The standard InChI is InChI=1S/C24H37NO4/c1-5-28-21(26)12-14-23(15-13-22(27)29-6-2)16-18-24(19-17-23,25(3)4)20-10-8-7-9-11-20/h7-11H,5-6,12-19H2,1-4H3. The van der Waals surface area contributed by atoms with Gasteiger partial charge in [0.2, 0.25) is 0 Å². The van der Waals surface area contributed by atoms with Gasteiger partial charge in [-0.2, -0.15) is 0 Å². The van der Waals surface area contributed by atoms with Gasteiger partial charge in [0, 0.05) is 18.4 Å². The van der Waals surface area contributed by atoms with Crippen LogP contribution >= 0.6 is 0 Å². The Morgan fingerprint density at radius 2 is 1.34 bits per heavy atom. The predicted molar refractivity (Wildman–Crippen MR) is 114 cm³/mol. The zero-order valence-electron chi connectivity index (χ0n) is 18.5. The summed E-state index contributed by atoms with van der Waals surface area (Å²) in [5, 5.41) is 0. The van der Waals surface area contributed by atoms with Crippen LogP contribution in [0.1, 0.15) is 70.8 Å². The summed E-state index contributed by atoms with van der Waals surface area (Å²) >= 11 is 0. The van der Waals surface area contributed by atoms with Crippen LogP contribution in [0, 0.1) is 5.41 Å². The van der Waals surface area contributed by atoms with Gasteiger partial charge in [0.25, 0.3) is 0 Å². The molecule has 1 aliphatic rings. The highest BCUT2D eigenvalue weighted by Crippen LogP contribution is 2.52. The van der Waals surface area contributed by atoms with E-state index in [0.29, 0.717) is 26.1 Å². The predicted octanol–water partition coefficient (Wildman–Crippen LogP) is 4.69. The molecule has 5 nitrogen and oxygen atoms in total. The van der Waals surface area contributed by atoms with Gasteiger partial charge < -0.3 is 9.47 Å². The first-order chi connectivity index (χ1) is 13.9. The molecule has 0 radical (unpaired) electrons. The molecule has 0 N–H and O–H groups in total. The van der Waals surface area contributed by atoms with Crippen molar-refractivity contribution in [2.75, 3.05) is 27.3 Å². The molecule has 0 amide bonds. The van der Waals surface area contributed by atoms with Gasteiger partial charge in [-0.3, -0.25) is 14.5 Å². The summed E-state index contributed by atoms with van der Waals surface area (Å²) in [4.78, 5) is 26.3. The Morgan fingerprint density at radius 3 is 1.76 bits per heavy atom. The van der Waals surface area contributed by atoms with Gasteiger partial charge >= 0.3 is 11.9 Å². The number of carbonyl (C=O) groups is 2. The Morgan fingerprint density at radius 1 is 0.862 bits per heavy atom. The second-order valence-corrected chi connectivity index (χ2v) is 8.40. The smallest absolute Gasteiger partial charge is 0.305 e. The number of carbonyl (C=O) groups excluding carboxylic acids is 2. The zero-order valence-corrected chi connectivity index (χ0v) is 18.5. The van der Waals surface area contributed by atoms with Gasteiger partial charge in [-0.05, 0) is 77.4 Å². The summed E-state index contributed by atoms with van der Waals surface area (Å²) < 4.78 is 10.3. The van der Waals surface area contributed by atoms with E-state index in [2.05, 4.69) is 49.3 Å². The Balaban J connectivity index is 2.15. The largest absolute Gasteiger partial charge is 0.466 e. The SMILES string of the molecule is CCOC(=O)CCC1(CCC(=O)OCC)CCC(c2ccccc2)(N(C)C)CC1. The van der Waals surface area contributed by atoms with Crippen molar-refractivity contribution in [2.24, 2.45) is 5.41 Å². The molecule has 5 heteroatoms. The van der Waals surface area contributed by atoms with E-state index in [1.165, 1.54) is 5.56 Å². The number of ether oxygens (including phenoxy) is 2. The second-order valence-electron chi connectivity index (χ2n) is 8.40. The van der Waals surface area contributed by atoms with Crippen LogP contribution in [0.2, 0.25) is 0 Å². The van der Waals surface area contributed by atoms with Gasteiger partial charge in [-0.15, -0.1) is 0 Å².